The van der Waals surface area contributed by atoms with Crippen molar-refractivity contribution in [2.45, 2.75) is 38.8 Å². The Labute approximate surface area is 122 Å². The van der Waals surface area contributed by atoms with Crippen LogP contribution < -0.4 is 10.2 Å². The van der Waals surface area contributed by atoms with Crippen LogP contribution in [0.1, 0.15) is 32.3 Å². The smallest absolute Gasteiger partial charge is 0.0641 e. The summed E-state index contributed by atoms with van der Waals surface area (Å²) in [6, 6.07) is 8.78. The lowest BCUT2D eigenvalue weighted by atomic mass is 9.95. The van der Waals surface area contributed by atoms with Crippen molar-refractivity contribution in [3.63, 3.8) is 0 Å². The molecule has 3 nitrogen and oxygen atoms in total. The van der Waals surface area contributed by atoms with Gasteiger partial charge in [0.2, 0.25) is 0 Å². The van der Waals surface area contributed by atoms with Crippen molar-refractivity contribution in [2.75, 3.05) is 31.2 Å². The molecule has 1 aromatic rings. The van der Waals surface area contributed by atoms with Crippen molar-refractivity contribution in [3.05, 3.63) is 29.8 Å². The van der Waals surface area contributed by atoms with Gasteiger partial charge in [-0.25, -0.2) is 0 Å². The van der Waals surface area contributed by atoms with Crippen LogP contribution in [-0.2, 0) is 11.3 Å². The van der Waals surface area contributed by atoms with Crippen LogP contribution >= 0.6 is 0 Å². The first kappa shape index (κ1) is 13.9. The summed E-state index contributed by atoms with van der Waals surface area (Å²) < 4.78 is 5.57. The summed E-state index contributed by atoms with van der Waals surface area (Å²) in [7, 11) is 0. The summed E-state index contributed by atoms with van der Waals surface area (Å²) in [4.78, 5) is 2.52. The number of para-hydroxylation sites is 1. The maximum atomic E-state index is 5.57. The summed E-state index contributed by atoms with van der Waals surface area (Å²) in [6.07, 6.45) is 2.75. The summed E-state index contributed by atoms with van der Waals surface area (Å²) in [5.41, 5.74) is 3.03. The van der Waals surface area contributed by atoms with Crippen LogP contribution in [0, 0.1) is 5.92 Å². The number of benzene rings is 1. The van der Waals surface area contributed by atoms with E-state index in [0.29, 0.717) is 0 Å². The van der Waals surface area contributed by atoms with Crippen molar-refractivity contribution in [2.24, 2.45) is 5.92 Å². The lowest BCUT2D eigenvalue weighted by molar-refractivity contribution is 0.152. The van der Waals surface area contributed by atoms with E-state index in [1.165, 1.54) is 24.1 Å². The van der Waals surface area contributed by atoms with Crippen LogP contribution in [0.5, 0.6) is 0 Å². The standard InChI is InChI=1S/C17H26N2O/c1-3-20-11-10-19-13-17(2,15-8-9-15)18-12-14-6-4-5-7-16(14)19/h4-7,15,18H,3,8-13H2,1-2H3. The minimum absolute atomic E-state index is 0.241. The molecule has 0 saturated heterocycles. The average molecular weight is 274 g/mol. The van der Waals surface area contributed by atoms with Gasteiger partial charge in [0.05, 0.1) is 6.61 Å². The van der Waals surface area contributed by atoms with Gasteiger partial charge < -0.3 is 15.0 Å². The molecule has 0 amide bonds. The first-order valence-corrected chi connectivity index (χ1v) is 7.88. The third-order valence-electron chi connectivity index (χ3n) is 4.72. The first-order valence-electron chi connectivity index (χ1n) is 7.88. The molecule has 3 heteroatoms. The van der Waals surface area contributed by atoms with Crippen molar-refractivity contribution < 1.29 is 4.74 Å². The molecule has 20 heavy (non-hydrogen) atoms. The van der Waals surface area contributed by atoms with Crippen LogP contribution in [0.25, 0.3) is 0 Å². The number of nitrogens with zero attached hydrogens (tertiary/aromatic N) is 1. The Morgan fingerprint density at radius 2 is 2.15 bits per heavy atom. The highest BCUT2D eigenvalue weighted by Crippen LogP contribution is 2.42. The molecule has 3 rings (SSSR count). The van der Waals surface area contributed by atoms with E-state index in [2.05, 4.69) is 48.3 Å². The number of ether oxygens (including phenoxy) is 1. The van der Waals surface area contributed by atoms with E-state index < -0.39 is 0 Å². The van der Waals surface area contributed by atoms with E-state index in [4.69, 9.17) is 4.74 Å². The predicted octanol–water partition coefficient (Wildman–Crippen LogP) is 2.80. The van der Waals surface area contributed by atoms with Gasteiger partial charge in [-0.2, -0.15) is 0 Å². The first-order chi connectivity index (χ1) is 9.73. The van der Waals surface area contributed by atoms with E-state index >= 15 is 0 Å². The molecule has 1 saturated carbocycles. The Kier molecular flexibility index (Phi) is 3.99. The molecular weight excluding hydrogens is 248 g/mol. The largest absolute Gasteiger partial charge is 0.380 e. The molecule has 1 fully saturated rings. The zero-order chi connectivity index (χ0) is 14.0. The molecule has 1 atom stereocenters. The molecule has 1 aromatic carbocycles. The zero-order valence-electron chi connectivity index (χ0n) is 12.7. The lowest BCUT2D eigenvalue weighted by Gasteiger charge is -2.35. The van der Waals surface area contributed by atoms with E-state index in [-0.39, 0.29) is 5.54 Å². The second-order valence-corrected chi connectivity index (χ2v) is 6.29. The minimum Gasteiger partial charge on any atom is -0.380 e. The molecular formula is C17H26N2O. The topological polar surface area (TPSA) is 24.5 Å². The van der Waals surface area contributed by atoms with Gasteiger partial charge in [0.15, 0.2) is 0 Å². The molecule has 110 valence electrons. The van der Waals surface area contributed by atoms with Gasteiger partial charge in [0.25, 0.3) is 0 Å². The zero-order valence-corrected chi connectivity index (χ0v) is 12.7. The molecule has 1 unspecified atom stereocenters. The Morgan fingerprint density at radius 3 is 2.90 bits per heavy atom. The van der Waals surface area contributed by atoms with Gasteiger partial charge in [0.1, 0.15) is 0 Å². The van der Waals surface area contributed by atoms with E-state index in [0.717, 1.165) is 38.8 Å². The monoisotopic (exact) mass is 274 g/mol. The van der Waals surface area contributed by atoms with Crippen molar-refractivity contribution in [1.29, 1.82) is 0 Å². The number of hydrogen-bond donors (Lipinski definition) is 1. The molecule has 0 bridgehead atoms. The molecule has 1 heterocycles. The number of fused-ring (bicyclic) bond motifs is 1. The molecule has 0 aromatic heterocycles. The van der Waals surface area contributed by atoms with Gasteiger partial charge in [-0.15, -0.1) is 0 Å². The summed E-state index contributed by atoms with van der Waals surface area (Å²) in [5, 5.41) is 3.81. The highest BCUT2D eigenvalue weighted by molar-refractivity contribution is 5.55. The molecule has 2 aliphatic rings. The Morgan fingerprint density at radius 1 is 1.35 bits per heavy atom. The third kappa shape index (κ3) is 2.84. The van der Waals surface area contributed by atoms with Crippen LogP contribution in [0.2, 0.25) is 0 Å². The number of hydrogen-bond acceptors (Lipinski definition) is 3. The van der Waals surface area contributed by atoms with Gasteiger partial charge in [-0.3, -0.25) is 0 Å². The van der Waals surface area contributed by atoms with Crippen LogP contribution in [0.4, 0.5) is 5.69 Å². The molecule has 1 aliphatic carbocycles. The molecule has 1 N–H and O–H groups in total. The van der Waals surface area contributed by atoms with Gasteiger partial charge in [-0.05, 0) is 44.2 Å². The normalized spacial score (nSPS) is 26.2. The maximum absolute atomic E-state index is 5.57. The van der Waals surface area contributed by atoms with E-state index in [1.807, 2.05) is 0 Å². The predicted molar refractivity (Wildman–Crippen MR) is 83.1 cm³/mol. The summed E-state index contributed by atoms with van der Waals surface area (Å²) in [6.45, 7) is 9.11. The SMILES string of the molecule is CCOCCN1CC(C)(C2CC2)NCc2ccccc21. The van der Waals surface area contributed by atoms with Crippen LogP contribution in [0.3, 0.4) is 0 Å². The minimum atomic E-state index is 0.241. The average Bonchev–Trinajstić information content (AvgIpc) is 3.29. The van der Waals surface area contributed by atoms with E-state index in [9.17, 15) is 0 Å². The number of rotatable bonds is 5. The second kappa shape index (κ2) is 5.74. The quantitative estimate of drug-likeness (QED) is 0.836. The van der Waals surface area contributed by atoms with Crippen LogP contribution in [-0.4, -0.2) is 31.8 Å². The number of nitrogens with one attached hydrogen (secondary N) is 1. The van der Waals surface area contributed by atoms with Gasteiger partial charge >= 0.3 is 0 Å². The van der Waals surface area contributed by atoms with Gasteiger partial charge in [0, 0.05) is 37.5 Å². The summed E-state index contributed by atoms with van der Waals surface area (Å²) >= 11 is 0. The summed E-state index contributed by atoms with van der Waals surface area (Å²) in [5.74, 6) is 0.839. The van der Waals surface area contributed by atoms with Crippen molar-refractivity contribution in [1.82, 2.24) is 5.32 Å². The Balaban J connectivity index is 1.81. The van der Waals surface area contributed by atoms with E-state index in [1.54, 1.807) is 0 Å². The maximum Gasteiger partial charge on any atom is 0.0641 e. The fourth-order valence-electron chi connectivity index (χ4n) is 3.32. The number of anilines is 1. The highest BCUT2D eigenvalue weighted by atomic mass is 16.5. The van der Waals surface area contributed by atoms with Gasteiger partial charge in [-0.1, -0.05) is 18.2 Å². The molecule has 0 radical (unpaired) electrons. The van der Waals surface area contributed by atoms with Crippen LogP contribution in [0.15, 0.2) is 24.3 Å². The van der Waals surface area contributed by atoms with Crippen molar-refractivity contribution >= 4 is 5.69 Å². The highest BCUT2D eigenvalue weighted by Gasteiger charge is 2.43. The Bertz CT molecular complexity index is 458. The molecule has 1 aliphatic heterocycles. The molecule has 0 spiro atoms. The van der Waals surface area contributed by atoms with Crippen molar-refractivity contribution in [3.8, 4) is 0 Å². The Hall–Kier alpha value is -1.06. The lowest BCUT2D eigenvalue weighted by Crippen LogP contribution is -2.51. The second-order valence-electron chi connectivity index (χ2n) is 6.29. The fraction of sp³-hybridized carbons (Fsp3) is 0.647. The fourth-order valence-corrected chi connectivity index (χ4v) is 3.32. The third-order valence-corrected chi connectivity index (χ3v) is 4.72.